The maximum Gasteiger partial charge on any atom is 0.186 e. The van der Waals surface area contributed by atoms with Crippen LogP contribution in [0.4, 0.5) is 0 Å². The molecule has 0 aliphatic heterocycles. The van der Waals surface area contributed by atoms with Crippen LogP contribution in [0.15, 0.2) is 36.4 Å². The third-order valence-electron chi connectivity index (χ3n) is 1.73. The molecule has 0 heterocycles. The standard InChI is InChI=1S/C11H16OSi/c1-13(2,12)10-6-9-11-7-4-3-5-8-11/h3-9,12H,10H2,1-2H3. The van der Waals surface area contributed by atoms with Crippen molar-refractivity contribution in [2.45, 2.75) is 19.1 Å². The summed E-state index contributed by atoms with van der Waals surface area (Å²) in [7, 11) is -1.90. The first-order chi connectivity index (χ1) is 6.08. The molecule has 1 nitrogen and oxygen atoms in total. The van der Waals surface area contributed by atoms with Crippen LogP contribution in [0.2, 0.25) is 19.1 Å². The van der Waals surface area contributed by atoms with Crippen molar-refractivity contribution in [2.24, 2.45) is 0 Å². The van der Waals surface area contributed by atoms with Crippen LogP contribution in [-0.2, 0) is 0 Å². The normalized spacial score (nSPS) is 12.2. The number of benzene rings is 1. The number of hydrogen-bond donors (Lipinski definition) is 1. The second-order valence-electron chi connectivity index (χ2n) is 3.83. The van der Waals surface area contributed by atoms with Crippen molar-refractivity contribution in [3.05, 3.63) is 42.0 Å². The Labute approximate surface area is 80.9 Å². The quantitative estimate of drug-likeness (QED) is 0.730. The van der Waals surface area contributed by atoms with E-state index in [4.69, 9.17) is 0 Å². The molecule has 0 aliphatic carbocycles. The van der Waals surface area contributed by atoms with E-state index in [0.29, 0.717) is 0 Å². The highest BCUT2D eigenvalue weighted by Crippen LogP contribution is 2.08. The van der Waals surface area contributed by atoms with Gasteiger partial charge in [0.1, 0.15) is 0 Å². The SMILES string of the molecule is C[Si](C)(O)CC=Cc1ccccc1. The first-order valence-corrected chi connectivity index (χ1v) is 7.67. The van der Waals surface area contributed by atoms with Crippen LogP contribution in [0.1, 0.15) is 5.56 Å². The number of hydrogen-bond acceptors (Lipinski definition) is 1. The summed E-state index contributed by atoms with van der Waals surface area (Å²) in [6, 6.07) is 11.0. The van der Waals surface area contributed by atoms with E-state index in [0.717, 1.165) is 6.04 Å². The fourth-order valence-electron chi connectivity index (χ4n) is 1.05. The van der Waals surface area contributed by atoms with E-state index in [1.807, 2.05) is 31.3 Å². The van der Waals surface area contributed by atoms with Gasteiger partial charge < -0.3 is 4.80 Å². The summed E-state index contributed by atoms with van der Waals surface area (Å²) in [6.45, 7) is 3.89. The van der Waals surface area contributed by atoms with E-state index in [1.54, 1.807) is 0 Å². The van der Waals surface area contributed by atoms with Crippen molar-refractivity contribution in [3.63, 3.8) is 0 Å². The molecular formula is C11H16OSi. The fraction of sp³-hybridized carbons (Fsp3) is 0.273. The lowest BCUT2D eigenvalue weighted by Gasteiger charge is -2.09. The number of allylic oxidation sites excluding steroid dienone is 1. The van der Waals surface area contributed by atoms with E-state index in [2.05, 4.69) is 24.3 Å². The Morgan fingerprint density at radius 2 is 1.85 bits per heavy atom. The Morgan fingerprint density at radius 3 is 2.38 bits per heavy atom. The summed E-state index contributed by atoms with van der Waals surface area (Å²) in [5.74, 6) is 0. The van der Waals surface area contributed by atoms with Gasteiger partial charge in [0.2, 0.25) is 0 Å². The fourth-order valence-corrected chi connectivity index (χ4v) is 1.74. The summed E-state index contributed by atoms with van der Waals surface area (Å²) < 4.78 is 0. The maximum atomic E-state index is 9.58. The molecule has 2 heteroatoms. The highest BCUT2D eigenvalue weighted by Gasteiger charge is 2.13. The van der Waals surface area contributed by atoms with Gasteiger partial charge in [-0.15, -0.1) is 0 Å². The topological polar surface area (TPSA) is 20.2 Å². The number of rotatable bonds is 3. The highest BCUT2D eigenvalue weighted by molar-refractivity contribution is 6.70. The van der Waals surface area contributed by atoms with Gasteiger partial charge in [-0.2, -0.15) is 0 Å². The molecule has 0 atom stereocenters. The van der Waals surface area contributed by atoms with Crippen LogP contribution >= 0.6 is 0 Å². The van der Waals surface area contributed by atoms with Gasteiger partial charge in [0.05, 0.1) is 0 Å². The first kappa shape index (κ1) is 10.2. The zero-order chi connectivity index (χ0) is 9.73. The monoisotopic (exact) mass is 192 g/mol. The lowest BCUT2D eigenvalue weighted by atomic mass is 10.2. The van der Waals surface area contributed by atoms with Gasteiger partial charge >= 0.3 is 0 Å². The molecule has 1 aromatic carbocycles. The Bertz CT molecular complexity index is 272. The van der Waals surface area contributed by atoms with Crippen molar-refractivity contribution in [3.8, 4) is 0 Å². The smallest absolute Gasteiger partial charge is 0.186 e. The molecule has 0 saturated heterocycles. The van der Waals surface area contributed by atoms with Crippen LogP contribution in [0, 0.1) is 0 Å². The maximum absolute atomic E-state index is 9.58. The molecule has 0 aromatic heterocycles. The van der Waals surface area contributed by atoms with Crippen molar-refractivity contribution >= 4 is 14.4 Å². The van der Waals surface area contributed by atoms with Gasteiger partial charge in [-0.1, -0.05) is 42.5 Å². The zero-order valence-electron chi connectivity index (χ0n) is 8.20. The van der Waals surface area contributed by atoms with Crippen LogP contribution in [0.5, 0.6) is 0 Å². The minimum atomic E-state index is -1.90. The highest BCUT2D eigenvalue weighted by atomic mass is 28.4. The Morgan fingerprint density at radius 1 is 1.23 bits per heavy atom. The van der Waals surface area contributed by atoms with Gasteiger partial charge in [0.15, 0.2) is 8.32 Å². The molecule has 0 aliphatic rings. The zero-order valence-corrected chi connectivity index (χ0v) is 9.20. The van der Waals surface area contributed by atoms with Crippen molar-refractivity contribution in [2.75, 3.05) is 0 Å². The summed E-state index contributed by atoms with van der Waals surface area (Å²) in [5.41, 5.74) is 1.20. The molecular weight excluding hydrogens is 176 g/mol. The van der Waals surface area contributed by atoms with Gasteiger partial charge in [-0.05, 0) is 24.7 Å². The average molecular weight is 192 g/mol. The molecule has 0 spiro atoms. The minimum absolute atomic E-state index is 0.821. The molecule has 1 N–H and O–H groups in total. The van der Waals surface area contributed by atoms with E-state index < -0.39 is 8.32 Å². The Kier molecular flexibility index (Phi) is 3.45. The third kappa shape index (κ3) is 4.65. The molecule has 0 bridgehead atoms. The van der Waals surface area contributed by atoms with Crippen LogP contribution in [0.25, 0.3) is 6.08 Å². The minimum Gasteiger partial charge on any atom is -0.432 e. The van der Waals surface area contributed by atoms with E-state index >= 15 is 0 Å². The second-order valence-corrected chi connectivity index (χ2v) is 7.86. The molecule has 0 radical (unpaired) electrons. The Balaban J connectivity index is 2.51. The van der Waals surface area contributed by atoms with Gasteiger partial charge in [-0.3, -0.25) is 0 Å². The third-order valence-corrected chi connectivity index (χ3v) is 2.96. The summed E-state index contributed by atoms with van der Waals surface area (Å²) in [5, 5.41) is 0. The van der Waals surface area contributed by atoms with Crippen LogP contribution < -0.4 is 0 Å². The lowest BCUT2D eigenvalue weighted by Crippen LogP contribution is -2.22. The molecule has 13 heavy (non-hydrogen) atoms. The van der Waals surface area contributed by atoms with Crippen molar-refractivity contribution in [1.29, 1.82) is 0 Å². The Hall–Kier alpha value is -0.863. The van der Waals surface area contributed by atoms with Gasteiger partial charge in [-0.25, -0.2) is 0 Å². The van der Waals surface area contributed by atoms with E-state index in [9.17, 15) is 4.80 Å². The van der Waals surface area contributed by atoms with Gasteiger partial charge in [0, 0.05) is 0 Å². The van der Waals surface area contributed by atoms with Crippen LogP contribution in [-0.4, -0.2) is 13.1 Å². The largest absolute Gasteiger partial charge is 0.432 e. The van der Waals surface area contributed by atoms with E-state index in [1.165, 1.54) is 5.56 Å². The van der Waals surface area contributed by atoms with Crippen molar-refractivity contribution < 1.29 is 4.80 Å². The molecule has 0 amide bonds. The lowest BCUT2D eigenvalue weighted by molar-refractivity contribution is 0.555. The summed E-state index contributed by atoms with van der Waals surface area (Å²) >= 11 is 0. The molecule has 0 unspecified atom stereocenters. The second kappa shape index (κ2) is 4.39. The molecule has 1 aromatic rings. The summed E-state index contributed by atoms with van der Waals surface area (Å²) in [6.07, 6.45) is 4.12. The molecule has 70 valence electrons. The predicted octanol–water partition coefficient (Wildman–Crippen LogP) is 2.90. The summed E-state index contributed by atoms with van der Waals surface area (Å²) in [4.78, 5) is 9.58. The predicted molar refractivity (Wildman–Crippen MR) is 60.0 cm³/mol. The van der Waals surface area contributed by atoms with Crippen LogP contribution in [0.3, 0.4) is 0 Å². The first-order valence-electron chi connectivity index (χ1n) is 4.52. The molecule has 0 saturated carbocycles. The van der Waals surface area contributed by atoms with Crippen molar-refractivity contribution in [1.82, 2.24) is 0 Å². The average Bonchev–Trinajstić information content (AvgIpc) is 2.04. The molecule has 1 rings (SSSR count). The molecule has 0 fully saturated rings. The van der Waals surface area contributed by atoms with E-state index in [-0.39, 0.29) is 0 Å². The van der Waals surface area contributed by atoms with Gasteiger partial charge in [0.25, 0.3) is 0 Å².